The van der Waals surface area contributed by atoms with Gasteiger partial charge in [0, 0.05) is 11.8 Å². The predicted octanol–water partition coefficient (Wildman–Crippen LogP) is 4.09. The van der Waals surface area contributed by atoms with Crippen molar-refractivity contribution in [1.29, 1.82) is 0 Å². The molecule has 34 heavy (non-hydrogen) atoms. The lowest BCUT2D eigenvalue weighted by molar-refractivity contribution is -0.202. The van der Waals surface area contributed by atoms with Gasteiger partial charge >= 0.3 is 5.97 Å². The van der Waals surface area contributed by atoms with E-state index in [4.69, 9.17) is 4.74 Å². The number of fused-ring (bicyclic) bond motifs is 5. The number of hydrogen-bond acceptors (Lipinski definition) is 6. The van der Waals surface area contributed by atoms with Crippen LogP contribution in [0.2, 0.25) is 0 Å². The van der Waals surface area contributed by atoms with E-state index in [1.165, 1.54) is 5.57 Å². The third-order valence-corrected chi connectivity index (χ3v) is 10.3. The topological polar surface area (TPSA) is 104 Å². The van der Waals surface area contributed by atoms with Crippen molar-refractivity contribution in [2.75, 3.05) is 6.61 Å². The van der Waals surface area contributed by atoms with Crippen molar-refractivity contribution in [1.82, 2.24) is 0 Å². The zero-order valence-corrected chi connectivity index (χ0v) is 21.2. The summed E-state index contributed by atoms with van der Waals surface area (Å²) < 4.78 is 6.07. The fourth-order valence-electron chi connectivity index (χ4n) is 8.58. The Morgan fingerprint density at radius 3 is 2.56 bits per heavy atom. The van der Waals surface area contributed by atoms with Crippen LogP contribution in [-0.4, -0.2) is 51.5 Å². The highest BCUT2D eigenvalue weighted by Gasteiger charge is 2.70. The first-order valence-corrected chi connectivity index (χ1v) is 13.6. The normalized spacial score (nSPS) is 43.4. The highest BCUT2D eigenvalue weighted by Crippen LogP contribution is 2.68. The average molecular weight is 477 g/mol. The summed E-state index contributed by atoms with van der Waals surface area (Å²) in [5.74, 6) is -0.341. The number of carbonyl (C=O) groups is 2. The molecule has 3 saturated carbocycles. The summed E-state index contributed by atoms with van der Waals surface area (Å²) in [5.41, 5.74) is -0.937. The van der Waals surface area contributed by atoms with E-state index in [1.54, 1.807) is 0 Å². The molecule has 3 fully saturated rings. The van der Waals surface area contributed by atoms with Crippen molar-refractivity contribution in [3.63, 3.8) is 0 Å². The quantitative estimate of drug-likeness (QED) is 0.277. The molecule has 4 aliphatic carbocycles. The fourth-order valence-corrected chi connectivity index (χ4v) is 8.58. The van der Waals surface area contributed by atoms with Gasteiger partial charge in [0.05, 0.1) is 12.2 Å². The van der Waals surface area contributed by atoms with E-state index < -0.39 is 35.6 Å². The maximum absolute atomic E-state index is 13.3. The molecule has 0 heterocycles. The SMILES string of the molecule is CCCCCCC(=O)O[C@]1(C(=O)CO)CC[C@H]2[C@@H]3CCC4=CC(O)CC[C@]4(C)[C@H]3[C@@H](O)C[C@@]21C. The van der Waals surface area contributed by atoms with E-state index in [0.717, 1.165) is 51.4 Å². The van der Waals surface area contributed by atoms with Gasteiger partial charge in [-0.2, -0.15) is 0 Å². The summed E-state index contributed by atoms with van der Waals surface area (Å²) >= 11 is 0. The number of aliphatic hydroxyl groups is 3. The summed E-state index contributed by atoms with van der Waals surface area (Å²) in [4.78, 5) is 26.1. The van der Waals surface area contributed by atoms with Gasteiger partial charge in [-0.05, 0) is 74.5 Å². The molecule has 0 aliphatic heterocycles. The van der Waals surface area contributed by atoms with Crippen LogP contribution in [0.25, 0.3) is 0 Å². The maximum Gasteiger partial charge on any atom is 0.306 e. The van der Waals surface area contributed by atoms with Crippen molar-refractivity contribution in [2.45, 2.75) is 116 Å². The Morgan fingerprint density at radius 2 is 1.85 bits per heavy atom. The molecule has 6 heteroatoms. The van der Waals surface area contributed by atoms with E-state index in [-0.39, 0.29) is 35.6 Å². The van der Waals surface area contributed by atoms with Crippen molar-refractivity contribution in [2.24, 2.45) is 28.6 Å². The zero-order valence-electron chi connectivity index (χ0n) is 21.2. The Morgan fingerprint density at radius 1 is 1.09 bits per heavy atom. The molecule has 0 radical (unpaired) electrons. The summed E-state index contributed by atoms with van der Waals surface area (Å²) in [6, 6.07) is 0. The summed E-state index contributed by atoms with van der Waals surface area (Å²) in [7, 11) is 0. The highest BCUT2D eigenvalue weighted by atomic mass is 16.6. The largest absolute Gasteiger partial charge is 0.450 e. The number of hydrogen-bond donors (Lipinski definition) is 3. The number of rotatable bonds is 8. The Hall–Kier alpha value is -1.24. The first-order valence-electron chi connectivity index (χ1n) is 13.6. The molecule has 4 rings (SSSR count). The van der Waals surface area contributed by atoms with Gasteiger partial charge in [-0.15, -0.1) is 0 Å². The Balaban J connectivity index is 1.62. The first kappa shape index (κ1) is 25.8. The van der Waals surface area contributed by atoms with Crippen LogP contribution in [0.15, 0.2) is 11.6 Å². The second kappa shape index (κ2) is 9.67. The number of allylic oxidation sites excluding steroid dienone is 1. The predicted molar refractivity (Wildman–Crippen MR) is 129 cm³/mol. The van der Waals surface area contributed by atoms with Crippen LogP contribution in [-0.2, 0) is 14.3 Å². The molecular weight excluding hydrogens is 432 g/mol. The van der Waals surface area contributed by atoms with Crippen LogP contribution in [0, 0.1) is 28.6 Å². The van der Waals surface area contributed by atoms with Crippen molar-refractivity contribution in [3.05, 3.63) is 11.6 Å². The molecule has 0 aromatic rings. The van der Waals surface area contributed by atoms with Crippen LogP contribution in [0.1, 0.15) is 97.8 Å². The molecular formula is C28H44O6. The molecule has 0 aromatic heterocycles. The van der Waals surface area contributed by atoms with Gasteiger partial charge in [0.1, 0.15) is 6.61 Å². The molecule has 8 atom stereocenters. The molecule has 192 valence electrons. The van der Waals surface area contributed by atoms with E-state index in [0.29, 0.717) is 19.3 Å². The molecule has 0 amide bonds. The van der Waals surface area contributed by atoms with Crippen molar-refractivity contribution >= 4 is 11.8 Å². The van der Waals surface area contributed by atoms with Crippen LogP contribution < -0.4 is 0 Å². The number of unbranched alkanes of at least 4 members (excludes halogenated alkanes) is 3. The Bertz CT molecular complexity index is 822. The van der Waals surface area contributed by atoms with Gasteiger partial charge in [-0.1, -0.05) is 51.7 Å². The molecule has 0 saturated heterocycles. The summed E-state index contributed by atoms with van der Waals surface area (Å²) in [5, 5.41) is 31.7. The second-order valence-corrected chi connectivity index (χ2v) is 12.0. The Kier molecular flexibility index (Phi) is 7.35. The van der Waals surface area contributed by atoms with Crippen molar-refractivity contribution in [3.8, 4) is 0 Å². The van der Waals surface area contributed by atoms with Gasteiger partial charge in [0.2, 0.25) is 5.78 Å². The first-order chi connectivity index (χ1) is 16.1. The number of ether oxygens (including phenoxy) is 1. The van der Waals surface area contributed by atoms with Crippen LogP contribution in [0.5, 0.6) is 0 Å². The minimum Gasteiger partial charge on any atom is -0.450 e. The molecule has 0 spiro atoms. The lowest BCUT2D eigenvalue weighted by Crippen LogP contribution is -2.63. The van der Waals surface area contributed by atoms with Gasteiger partial charge in [-0.25, -0.2) is 0 Å². The second-order valence-electron chi connectivity index (χ2n) is 12.0. The zero-order chi connectivity index (χ0) is 24.7. The molecule has 0 aromatic carbocycles. The standard InChI is InChI=1S/C28H44O6/c1-4-5-6-7-8-24(33)34-28(23(32)17-29)14-12-21-20-10-9-18-15-19(30)11-13-26(18,2)25(20)22(31)16-27(21,28)3/h15,19-22,25,29-31H,4-14,16-17H2,1-3H3/t19?,20-,21-,22-,25+,26-,27-,28-/m0/s1. The summed E-state index contributed by atoms with van der Waals surface area (Å²) in [6.07, 6.45) is 10.0. The van der Waals surface area contributed by atoms with Crippen LogP contribution in [0.4, 0.5) is 0 Å². The number of ketones is 1. The van der Waals surface area contributed by atoms with Gasteiger partial charge in [0.15, 0.2) is 5.60 Å². The maximum atomic E-state index is 13.3. The average Bonchev–Trinajstić information content (AvgIpc) is 3.08. The lowest BCUT2D eigenvalue weighted by atomic mass is 9.45. The number of aliphatic hydroxyl groups excluding tert-OH is 3. The van der Waals surface area contributed by atoms with E-state index in [2.05, 4.69) is 13.8 Å². The van der Waals surface area contributed by atoms with Crippen LogP contribution in [0.3, 0.4) is 0 Å². The molecule has 0 bridgehead atoms. The van der Waals surface area contributed by atoms with E-state index >= 15 is 0 Å². The highest BCUT2D eigenvalue weighted by molar-refractivity contribution is 5.92. The van der Waals surface area contributed by atoms with Gasteiger partial charge in [0.25, 0.3) is 0 Å². The van der Waals surface area contributed by atoms with E-state index in [9.17, 15) is 24.9 Å². The van der Waals surface area contributed by atoms with Crippen LogP contribution >= 0.6 is 0 Å². The van der Waals surface area contributed by atoms with Crippen molar-refractivity contribution < 1.29 is 29.6 Å². The van der Waals surface area contributed by atoms with Gasteiger partial charge < -0.3 is 20.1 Å². The van der Waals surface area contributed by atoms with E-state index in [1.807, 2.05) is 13.0 Å². The Labute approximate surface area is 204 Å². The minimum absolute atomic E-state index is 0.0721. The molecule has 3 N–H and O–H groups in total. The lowest BCUT2D eigenvalue weighted by Gasteiger charge is -2.61. The summed E-state index contributed by atoms with van der Waals surface area (Å²) in [6.45, 7) is 5.72. The third-order valence-electron chi connectivity index (χ3n) is 10.3. The molecule has 6 nitrogen and oxygen atoms in total. The number of esters is 1. The molecule has 4 aliphatic rings. The van der Waals surface area contributed by atoms with Gasteiger partial charge in [-0.3, -0.25) is 9.59 Å². The monoisotopic (exact) mass is 476 g/mol. The number of Topliss-reactive ketones (excluding diaryl/α,β-unsaturated/α-hetero) is 1. The molecule has 1 unspecified atom stereocenters. The third kappa shape index (κ3) is 3.98. The smallest absolute Gasteiger partial charge is 0.306 e. The fraction of sp³-hybridized carbons (Fsp3) is 0.857. The number of carbonyl (C=O) groups excluding carboxylic acids is 2. The minimum atomic E-state index is -1.36.